The van der Waals surface area contributed by atoms with Gasteiger partial charge >= 0.3 is 5.69 Å². The molecule has 0 radical (unpaired) electrons. The van der Waals surface area contributed by atoms with Crippen LogP contribution in [0.15, 0.2) is 29.1 Å². The number of aryl methyl sites for hydroxylation is 1. The summed E-state index contributed by atoms with van der Waals surface area (Å²) in [7, 11) is 0. The van der Waals surface area contributed by atoms with Gasteiger partial charge in [-0.1, -0.05) is 12.1 Å². The number of hydrogen-bond donors (Lipinski definition) is 2. The minimum absolute atomic E-state index is 0.0428. The zero-order valence-corrected chi connectivity index (χ0v) is 11.8. The third kappa shape index (κ3) is 3.00. The van der Waals surface area contributed by atoms with Gasteiger partial charge in [-0.3, -0.25) is 9.36 Å². The number of ether oxygens (including phenoxy) is 1. The van der Waals surface area contributed by atoms with Crippen LogP contribution in [0.1, 0.15) is 19.3 Å². The number of nitrogens with zero attached hydrogens (tertiary/aromatic N) is 1. The molecule has 1 fully saturated rings. The van der Waals surface area contributed by atoms with E-state index in [9.17, 15) is 9.59 Å². The minimum atomic E-state index is -0.291. The molecular weight excluding hydrogens is 270 g/mol. The molecule has 6 heteroatoms. The van der Waals surface area contributed by atoms with Crippen LogP contribution in [0, 0.1) is 0 Å². The molecule has 2 heterocycles. The van der Waals surface area contributed by atoms with Crippen molar-refractivity contribution < 1.29 is 9.53 Å². The monoisotopic (exact) mass is 289 g/mol. The molecule has 1 saturated heterocycles. The highest BCUT2D eigenvalue weighted by Crippen LogP contribution is 2.12. The van der Waals surface area contributed by atoms with Crippen molar-refractivity contribution in [2.45, 2.75) is 31.9 Å². The summed E-state index contributed by atoms with van der Waals surface area (Å²) in [6, 6.07) is 7.60. The number of carbonyl (C=O) groups excluding carboxylic acids is 1. The molecule has 21 heavy (non-hydrogen) atoms. The van der Waals surface area contributed by atoms with Gasteiger partial charge in [-0.15, -0.1) is 0 Å². The number of benzene rings is 1. The van der Waals surface area contributed by atoms with Gasteiger partial charge in [0.2, 0.25) is 5.91 Å². The van der Waals surface area contributed by atoms with Crippen LogP contribution in [0.4, 0.5) is 0 Å². The number of rotatable bonds is 5. The fourth-order valence-corrected chi connectivity index (χ4v) is 2.68. The lowest BCUT2D eigenvalue weighted by Crippen LogP contribution is -2.35. The Morgan fingerprint density at radius 1 is 1.43 bits per heavy atom. The van der Waals surface area contributed by atoms with Crippen molar-refractivity contribution in [2.24, 2.45) is 0 Å². The maximum atomic E-state index is 11.9. The number of carbonyl (C=O) groups is 1. The Labute approximate surface area is 122 Å². The van der Waals surface area contributed by atoms with E-state index in [-0.39, 0.29) is 17.7 Å². The quantitative estimate of drug-likeness (QED) is 0.807. The third-order valence-corrected chi connectivity index (χ3v) is 3.76. The topological polar surface area (TPSA) is 76.1 Å². The van der Waals surface area contributed by atoms with E-state index in [1.54, 1.807) is 4.57 Å². The van der Waals surface area contributed by atoms with E-state index in [0.29, 0.717) is 26.1 Å². The van der Waals surface area contributed by atoms with Crippen LogP contribution < -0.4 is 11.0 Å². The smallest absolute Gasteiger partial charge is 0.326 e. The molecule has 6 nitrogen and oxygen atoms in total. The first-order valence-corrected chi connectivity index (χ1v) is 7.32. The summed E-state index contributed by atoms with van der Waals surface area (Å²) in [5.41, 5.74) is 1.63. The lowest BCUT2D eigenvalue weighted by Gasteiger charge is -2.10. The Hall–Kier alpha value is -2.08. The van der Waals surface area contributed by atoms with E-state index in [2.05, 4.69) is 10.3 Å². The van der Waals surface area contributed by atoms with Crippen LogP contribution in [0.5, 0.6) is 0 Å². The van der Waals surface area contributed by atoms with Crippen molar-refractivity contribution in [1.82, 2.24) is 14.9 Å². The molecular formula is C15H19N3O3. The van der Waals surface area contributed by atoms with Gasteiger partial charge in [0.25, 0.3) is 0 Å². The maximum absolute atomic E-state index is 11.9. The first-order chi connectivity index (χ1) is 10.3. The summed E-state index contributed by atoms with van der Waals surface area (Å²) in [4.78, 5) is 26.5. The number of H-pyrrole nitrogens is 1. The second-order valence-electron chi connectivity index (χ2n) is 5.25. The molecule has 2 aromatic rings. The zero-order chi connectivity index (χ0) is 14.7. The Balaban J connectivity index is 1.54. The molecule has 0 saturated carbocycles. The van der Waals surface area contributed by atoms with Gasteiger partial charge in [-0.05, 0) is 31.4 Å². The first kappa shape index (κ1) is 13.9. The van der Waals surface area contributed by atoms with Gasteiger partial charge in [0.15, 0.2) is 0 Å². The van der Waals surface area contributed by atoms with E-state index in [1.165, 1.54) is 0 Å². The molecule has 1 unspecified atom stereocenters. The molecule has 2 N–H and O–H groups in total. The van der Waals surface area contributed by atoms with Crippen LogP contribution in [-0.2, 0) is 16.1 Å². The zero-order valence-electron chi connectivity index (χ0n) is 11.8. The predicted octanol–water partition coefficient (Wildman–Crippen LogP) is 1.01. The molecule has 1 aromatic carbocycles. The Kier molecular flexibility index (Phi) is 4.06. The molecule has 1 aliphatic heterocycles. The highest BCUT2D eigenvalue weighted by molar-refractivity contribution is 5.80. The fourth-order valence-electron chi connectivity index (χ4n) is 2.68. The largest absolute Gasteiger partial charge is 0.368 e. The number of nitrogens with one attached hydrogen (secondary N) is 2. The SMILES string of the molecule is O=C(NCCCn1c(=O)[nH]c2ccccc21)C1CCCO1. The third-order valence-electron chi connectivity index (χ3n) is 3.76. The van der Waals surface area contributed by atoms with E-state index < -0.39 is 0 Å². The summed E-state index contributed by atoms with van der Waals surface area (Å²) in [6.45, 7) is 1.79. The average Bonchev–Trinajstić information content (AvgIpc) is 3.11. The normalized spacial score (nSPS) is 18.2. The Morgan fingerprint density at radius 2 is 2.29 bits per heavy atom. The first-order valence-electron chi connectivity index (χ1n) is 7.32. The summed E-state index contributed by atoms with van der Waals surface area (Å²) in [5, 5.41) is 2.87. The number of aromatic nitrogens is 2. The predicted molar refractivity (Wildman–Crippen MR) is 79.2 cm³/mol. The number of hydrogen-bond acceptors (Lipinski definition) is 3. The van der Waals surface area contributed by atoms with Crippen molar-refractivity contribution >= 4 is 16.9 Å². The summed E-state index contributed by atoms with van der Waals surface area (Å²) in [5.74, 6) is -0.0428. The van der Waals surface area contributed by atoms with Crippen molar-refractivity contribution in [2.75, 3.05) is 13.2 Å². The molecule has 1 aliphatic rings. The molecule has 0 bridgehead atoms. The summed E-state index contributed by atoms with van der Waals surface area (Å²) < 4.78 is 7.02. The van der Waals surface area contributed by atoms with Crippen LogP contribution in [0.25, 0.3) is 11.0 Å². The van der Waals surface area contributed by atoms with Gasteiger partial charge in [-0.2, -0.15) is 0 Å². The van der Waals surface area contributed by atoms with Gasteiger partial charge < -0.3 is 15.0 Å². The summed E-state index contributed by atoms with van der Waals surface area (Å²) in [6.07, 6.45) is 2.16. The van der Waals surface area contributed by atoms with Crippen molar-refractivity contribution in [3.63, 3.8) is 0 Å². The van der Waals surface area contributed by atoms with Crippen molar-refractivity contribution in [1.29, 1.82) is 0 Å². The molecule has 1 aromatic heterocycles. The van der Waals surface area contributed by atoms with Gasteiger partial charge in [0.05, 0.1) is 11.0 Å². The molecule has 1 atom stereocenters. The lowest BCUT2D eigenvalue weighted by molar-refractivity contribution is -0.130. The fraction of sp³-hybridized carbons (Fsp3) is 0.467. The van der Waals surface area contributed by atoms with Crippen LogP contribution in [0.2, 0.25) is 0 Å². The van der Waals surface area contributed by atoms with Gasteiger partial charge in [0, 0.05) is 19.7 Å². The van der Waals surface area contributed by atoms with Crippen LogP contribution >= 0.6 is 0 Å². The highest BCUT2D eigenvalue weighted by Gasteiger charge is 2.22. The summed E-state index contributed by atoms with van der Waals surface area (Å²) >= 11 is 0. The number of amides is 1. The van der Waals surface area contributed by atoms with Gasteiger partial charge in [-0.25, -0.2) is 4.79 Å². The molecule has 1 amide bonds. The number of para-hydroxylation sites is 2. The Morgan fingerprint density at radius 3 is 3.10 bits per heavy atom. The number of fused-ring (bicyclic) bond motifs is 1. The van der Waals surface area contributed by atoms with E-state index in [1.807, 2.05) is 24.3 Å². The second-order valence-corrected chi connectivity index (χ2v) is 5.25. The standard InChI is InChI=1S/C15H19N3O3/c19-14(13-7-3-10-21-13)16-8-4-9-18-12-6-2-1-5-11(12)17-15(18)20/h1-2,5-6,13H,3-4,7-10H2,(H,16,19)(H,17,20). The van der Waals surface area contributed by atoms with Crippen molar-refractivity contribution in [3.8, 4) is 0 Å². The van der Waals surface area contributed by atoms with Crippen molar-refractivity contribution in [3.05, 3.63) is 34.7 Å². The lowest BCUT2D eigenvalue weighted by atomic mass is 10.2. The second kappa shape index (κ2) is 6.13. The van der Waals surface area contributed by atoms with Crippen LogP contribution in [0.3, 0.4) is 0 Å². The van der Waals surface area contributed by atoms with E-state index >= 15 is 0 Å². The molecule has 0 aliphatic carbocycles. The molecule has 112 valence electrons. The van der Waals surface area contributed by atoms with E-state index in [4.69, 9.17) is 4.74 Å². The number of imidazole rings is 1. The number of aromatic amines is 1. The average molecular weight is 289 g/mol. The van der Waals surface area contributed by atoms with Gasteiger partial charge in [0.1, 0.15) is 6.10 Å². The molecule has 3 rings (SSSR count). The molecule has 0 spiro atoms. The maximum Gasteiger partial charge on any atom is 0.326 e. The minimum Gasteiger partial charge on any atom is -0.368 e. The van der Waals surface area contributed by atoms with E-state index in [0.717, 1.165) is 23.9 Å². The van der Waals surface area contributed by atoms with Crippen LogP contribution in [-0.4, -0.2) is 34.7 Å². The highest BCUT2D eigenvalue weighted by atomic mass is 16.5. The Bertz CT molecular complexity index is 683.